The Kier molecular flexibility index (Phi) is 2.94. The highest BCUT2D eigenvalue weighted by Crippen LogP contribution is 2.33. The molecular formula is C14H11N3O4. The number of nitro groups is 1. The summed E-state index contributed by atoms with van der Waals surface area (Å²) in [6.45, 7) is 0. The minimum Gasteiger partial charge on any atom is -0.504 e. The number of phenols is 1. The largest absolute Gasteiger partial charge is 0.504 e. The molecule has 0 aliphatic rings. The summed E-state index contributed by atoms with van der Waals surface area (Å²) >= 11 is 0. The molecule has 0 atom stereocenters. The smallest absolute Gasteiger partial charge is 0.296 e. The Labute approximate surface area is 119 Å². The Morgan fingerprint density at radius 1 is 1.33 bits per heavy atom. The van der Waals surface area contributed by atoms with E-state index in [1.807, 2.05) is 0 Å². The Hall–Kier alpha value is -3.09. The van der Waals surface area contributed by atoms with Gasteiger partial charge in [0.2, 0.25) is 0 Å². The van der Waals surface area contributed by atoms with Gasteiger partial charge in [-0.05, 0) is 23.8 Å². The lowest BCUT2D eigenvalue weighted by atomic mass is 10.1. The third-order valence-corrected chi connectivity index (χ3v) is 3.22. The first kappa shape index (κ1) is 12.9. The summed E-state index contributed by atoms with van der Waals surface area (Å²) in [5, 5.41) is 21.0. The molecule has 0 saturated heterocycles. The maximum absolute atomic E-state index is 11.0. The Morgan fingerprint density at radius 2 is 2.14 bits per heavy atom. The van der Waals surface area contributed by atoms with Crippen molar-refractivity contribution in [2.45, 2.75) is 0 Å². The van der Waals surface area contributed by atoms with Crippen LogP contribution in [0.25, 0.3) is 22.2 Å². The van der Waals surface area contributed by atoms with Crippen molar-refractivity contribution in [1.82, 2.24) is 9.97 Å². The van der Waals surface area contributed by atoms with Gasteiger partial charge in [-0.15, -0.1) is 0 Å². The molecule has 0 amide bonds. The molecule has 106 valence electrons. The van der Waals surface area contributed by atoms with E-state index in [4.69, 9.17) is 4.74 Å². The van der Waals surface area contributed by atoms with Crippen LogP contribution in [0, 0.1) is 10.1 Å². The summed E-state index contributed by atoms with van der Waals surface area (Å²) in [4.78, 5) is 17.5. The van der Waals surface area contributed by atoms with Crippen LogP contribution in [0.15, 0.2) is 36.7 Å². The number of nitrogens with one attached hydrogen (secondary N) is 1. The van der Waals surface area contributed by atoms with Gasteiger partial charge in [-0.25, -0.2) is 4.98 Å². The highest BCUT2D eigenvalue weighted by atomic mass is 16.6. The quantitative estimate of drug-likeness (QED) is 0.569. The molecule has 7 nitrogen and oxygen atoms in total. The number of hydrogen-bond acceptors (Lipinski definition) is 5. The van der Waals surface area contributed by atoms with Gasteiger partial charge < -0.3 is 14.8 Å². The van der Waals surface area contributed by atoms with Gasteiger partial charge in [-0.3, -0.25) is 10.1 Å². The zero-order valence-electron chi connectivity index (χ0n) is 11.0. The van der Waals surface area contributed by atoms with Crippen LogP contribution >= 0.6 is 0 Å². The lowest BCUT2D eigenvalue weighted by molar-refractivity contribution is -0.383. The molecule has 0 saturated carbocycles. The summed E-state index contributed by atoms with van der Waals surface area (Å²) in [6.07, 6.45) is 2.92. The fourth-order valence-corrected chi connectivity index (χ4v) is 2.16. The van der Waals surface area contributed by atoms with Crippen LogP contribution in [0.2, 0.25) is 0 Å². The topological polar surface area (TPSA) is 101 Å². The second-order valence-electron chi connectivity index (χ2n) is 4.44. The van der Waals surface area contributed by atoms with Gasteiger partial charge in [0, 0.05) is 11.8 Å². The molecule has 21 heavy (non-hydrogen) atoms. The van der Waals surface area contributed by atoms with Gasteiger partial charge >= 0.3 is 0 Å². The molecule has 0 fully saturated rings. The SMILES string of the molecule is COc1cc(-c2cnc3[nH]cc([N+](=O)[O-])c3c2)ccc1O. The Morgan fingerprint density at radius 3 is 2.86 bits per heavy atom. The van der Waals surface area contributed by atoms with E-state index in [1.165, 1.54) is 19.4 Å². The van der Waals surface area contributed by atoms with E-state index in [1.54, 1.807) is 24.4 Å². The molecule has 2 aromatic heterocycles. The van der Waals surface area contributed by atoms with Crippen LogP contribution in [-0.4, -0.2) is 27.1 Å². The van der Waals surface area contributed by atoms with Gasteiger partial charge in [0.25, 0.3) is 5.69 Å². The molecule has 0 bridgehead atoms. The molecule has 3 aromatic rings. The van der Waals surface area contributed by atoms with Crippen molar-refractivity contribution in [3.8, 4) is 22.6 Å². The monoisotopic (exact) mass is 285 g/mol. The number of ether oxygens (including phenoxy) is 1. The van der Waals surface area contributed by atoms with Gasteiger partial charge in [-0.2, -0.15) is 0 Å². The molecule has 0 aliphatic heterocycles. The number of benzene rings is 1. The van der Waals surface area contributed by atoms with Crippen LogP contribution in [0.4, 0.5) is 5.69 Å². The summed E-state index contributed by atoms with van der Waals surface area (Å²) in [6, 6.07) is 6.53. The zero-order chi connectivity index (χ0) is 15.0. The third kappa shape index (κ3) is 2.14. The molecule has 1 aromatic carbocycles. The molecule has 2 heterocycles. The predicted octanol–water partition coefficient (Wildman–Crippen LogP) is 2.85. The van der Waals surface area contributed by atoms with Gasteiger partial charge in [0.15, 0.2) is 11.5 Å². The summed E-state index contributed by atoms with van der Waals surface area (Å²) in [5.41, 5.74) is 1.87. The molecule has 0 unspecified atom stereocenters. The van der Waals surface area contributed by atoms with Crippen molar-refractivity contribution in [2.24, 2.45) is 0 Å². The normalized spacial score (nSPS) is 10.7. The van der Waals surface area contributed by atoms with Crippen molar-refractivity contribution in [3.63, 3.8) is 0 Å². The number of phenolic OH excluding ortho intramolecular Hbond substituents is 1. The number of methoxy groups -OCH3 is 1. The highest BCUT2D eigenvalue weighted by molar-refractivity contribution is 5.89. The molecule has 2 N–H and O–H groups in total. The number of fused-ring (bicyclic) bond motifs is 1. The Bertz CT molecular complexity index is 841. The first-order valence-corrected chi connectivity index (χ1v) is 6.09. The summed E-state index contributed by atoms with van der Waals surface area (Å²) < 4.78 is 5.06. The van der Waals surface area contributed by atoms with E-state index in [9.17, 15) is 15.2 Å². The molecule has 0 spiro atoms. The van der Waals surface area contributed by atoms with E-state index in [-0.39, 0.29) is 11.4 Å². The number of nitrogens with zero attached hydrogens (tertiary/aromatic N) is 2. The lowest BCUT2D eigenvalue weighted by Crippen LogP contribution is -1.88. The second-order valence-corrected chi connectivity index (χ2v) is 4.44. The van der Waals surface area contributed by atoms with E-state index in [0.29, 0.717) is 22.3 Å². The van der Waals surface area contributed by atoms with Gasteiger partial charge in [-0.1, -0.05) is 6.07 Å². The average Bonchev–Trinajstić information content (AvgIpc) is 2.90. The van der Waals surface area contributed by atoms with E-state index < -0.39 is 4.92 Å². The van der Waals surface area contributed by atoms with Gasteiger partial charge in [0.05, 0.1) is 23.6 Å². The summed E-state index contributed by atoms with van der Waals surface area (Å²) in [7, 11) is 1.46. The summed E-state index contributed by atoms with van der Waals surface area (Å²) in [5.74, 6) is 0.360. The zero-order valence-corrected chi connectivity index (χ0v) is 11.0. The number of rotatable bonds is 3. The van der Waals surface area contributed by atoms with Crippen molar-refractivity contribution in [2.75, 3.05) is 7.11 Å². The van der Waals surface area contributed by atoms with E-state index >= 15 is 0 Å². The number of hydrogen-bond donors (Lipinski definition) is 2. The average molecular weight is 285 g/mol. The molecular weight excluding hydrogens is 274 g/mol. The highest BCUT2D eigenvalue weighted by Gasteiger charge is 2.16. The minimum absolute atomic E-state index is 0.0231. The molecule has 0 aliphatic carbocycles. The molecule has 7 heteroatoms. The van der Waals surface area contributed by atoms with Crippen molar-refractivity contribution >= 4 is 16.7 Å². The maximum atomic E-state index is 11.0. The Balaban J connectivity index is 2.16. The number of H-pyrrole nitrogens is 1. The molecule has 3 rings (SSSR count). The fraction of sp³-hybridized carbons (Fsp3) is 0.0714. The lowest BCUT2D eigenvalue weighted by Gasteiger charge is -2.06. The first-order chi connectivity index (χ1) is 10.1. The number of pyridine rings is 1. The van der Waals surface area contributed by atoms with Crippen LogP contribution < -0.4 is 4.74 Å². The first-order valence-electron chi connectivity index (χ1n) is 6.09. The van der Waals surface area contributed by atoms with Crippen LogP contribution in [0.1, 0.15) is 0 Å². The van der Waals surface area contributed by atoms with Crippen LogP contribution in [-0.2, 0) is 0 Å². The van der Waals surface area contributed by atoms with Crippen LogP contribution in [0.5, 0.6) is 11.5 Å². The van der Waals surface area contributed by atoms with E-state index in [0.717, 1.165) is 5.56 Å². The number of aromatic amines is 1. The maximum Gasteiger partial charge on any atom is 0.296 e. The minimum atomic E-state index is -0.457. The van der Waals surface area contributed by atoms with Crippen molar-refractivity contribution in [3.05, 3.63) is 46.8 Å². The second kappa shape index (κ2) is 4.78. The fourth-order valence-electron chi connectivity index (χ4n) is 2.16. The predicted molar refractivity (Wildman–Crippen MR) is 76.4 cm³/mol. The van der Waals surface area contributed by atoms with Crippen LogP contribution in [0.3, 0.4) is 0 Å². The third-order valence-electron chi connectivity index (χ3n) is 3.22. The number of aromatic hydroxyl groups is 1. The van der Waals surface area contributed by atoms with Crippen molar-refractivity contribution in [1.29, 1.82) is 0 Å². The van der Waals surface area contributed by atoms with E-state index in [2.05, 4.69) is 9.97 Å². The molecule has 0 radical (unpaired) electrons. The number of aromatic nitrogens is 2. The standard InChI is InChI=1S/C14H11N3O4/c1-21-13-5-8(2-3-12(13)18)9-4-10-11(17(19)20)7-16-14(10)15-6-9/h2-7,18H,1H3,(H,15,16). The van der Waals surface area contributed by atoms with Crippen molar-refractivity contribution < 1.29 is 14.8 Å². The van der Waals surface area contributed by atoms with Gasteiger partial charge in [0.1, 0.15) is 5.65 Å².